The lowest BCUT2D eigenvalue weighted by molar-refractivity contribution is 0.0225. The van der Waals surface area contributed by atoms with Crippen LogP contribution in [0.15, 0.2) is 18.2 Å². The molecule has 8 heteroatoms. The highest BCUT2D eigenvalue weighted by molar-refractivity contribution is 6.73. The van der Waals surface area contributed by atoms with Gasteiger partial charge in [0.15, 0.2) is 0 Å². The number of fused-ring (bicyclic) bond motifs is 1. The van der Waals surface area contributed by atoms with E-state index in [9.17, 15) is 17.7 Å². The maximum Gasteiger partial charge on any atom is 0.509 e. The predicted octanol–water partition coefficient (Wildman–Crippen LogP) is 2.87. The Bertz CT molecular complexity index is 569. The smallest absolute Gasteiger partial charge is 0.492 e. The van der Waals surface area contributed by atoms with Gasteiger partial charge >= 0.3 is 13.1 Å². The second kappa shape index (κ2) is 5.74. The molecule has 4 nitrogen and oxygen atoms in total. The molecule has 1 heterocycles. The van der Waals surface area contributed by atoms with Crippen molar-refractivity contribution >= 4 is 18.5 Å². The summed E-state index contributed by atoms with van der Waals surface area (Å²) in [5, 5.41) is 0. The number of carbonyl (C=O) groups is 1. The third kappa shape index (κ3) is 4.08. The number of rotatable bonds is 1. The van der Waals surface area contributed by atoms with Crippen LogP contribution in [0.4, 0.5) is 17.7 Å². The van der Waals surface area contributed by atoms with Crippen molar-refractivity contribution in [2.75, 3.05) is 13.2 Å². The highest BCUT2D eigenvalue weighted by Gasteiger charge is 2.29. The summed E-state index contributed by atoms with van der Waals surface area (Å²) >= 11 is 0. The van der Waals surface area contributed by atoms with Crippen molar-refractivity contribution in [3.63, 3.8) is 0 Å². The number of halogens is 3. The third-order valence-electron chi connectivity index (χ3n) is 3.10. The van der Waals surface area contributed by atoms with Crippen LogP contribution in [0.5, 0.6) is 5.75 Å². The Labute approximate surface area is 127 Å². The van der Waals surface area contributed by atoms with E-state index in [0.717, 1.165) is 12.1 Å². The largest absolute Gasteiger partial charge is 0.509 e. The van der Waals surface area contributed by atoms with Crippen LogP contribution >= 0.6 is 0 Å². The summed E-state index contributed by atoms with van der Waals surface area (Å²) in [6.45, 7) is 0.741. The van der Waals surface area contributed by atoms with Gasteiger partial charge in [-0.1, -0.05) is 12.1 Å². The molecular formula is C14H18BF3NO3-. The molecule has 1 amide bonds. The van der Waals surface area contributed by atoms with Crippen LogP contribution in [0.3, 0.4) is 0 Å². The van der Waals surface area contributed by atoms with Crippen molar-refractivity contribution in [1.29, 1.82) is 0 Å². The van der Waals surface area contributed by atoms with Crippen LogP contribution in [0.2, 0.25) is 0 Å². The summed E-state index contributed by atoms with van der Waals surface area (Å²) in [5.41, 5.74) is -0.799. The molecule has 0 saturated carbocycles. The predicted molar refractivity (Wildman–Crippen MR) is 77.3 cm³/mol. The van der Waals surface area contributed by atoms with Gasteiger partial charge in [0.1, 0.15) is 18.0 Å². The molecule has 0 aromatic heterocycles. The normalized spacial score (nSPS) is 15.6. The van der Waals surface area contributed by atoms with Gasteiger partial charge in [-0.3, -0.25) is 0 Å². The van der Waals surface area contributed by atoms with Crippen molar-refractivity contribution in [1.82, 2.24) is 4.90 Å². The van der Waals surface area contributed by atoms with E-state index in [2.05, 4.69) is 0 Å². The zero-order valence-electron chi connectivity index (χ0n) is 12.7. The second-order valence-corrected chi connectivity index (χ2v) is 6.19. The lowest BCUT2D eigenvalue weighted by Gasteiger charge is -2.26. The summed E-state index contributed by atoms with van der Waals surface area (Å²) < 4.78 is 49.0. The molecular weight excluding hydrogens is 298 g/mol. The van der Waals surface area contributed by atoms with Crippen molar-refractivity contribution in [2.24, 2.45) is 0 Å². The highest BCUT2D eigenvalue weighted by atomic mass is 19.4. The van der Waals surface area contributed by atoms with Gasteiger partial charge in [0.05, 0.1) is 13.1 Å². The molecule has 1 aliphatic heterocycles. The van der Waals surface area contributed by atoms with Crippen molar-refractivity contribution in [2.45, 2.75) is 32.9 Å². The molecule has 122 valence electrons. The molecule has 0 atom stereocenters. The van der Waals surface area contributed by atoms with Crippen molar-refractivity contribution in [3.8, 4) is 5.75 Å². The Morgan fingerprint density at radius 2 is 2.00 bits per heavy atom. The number of nitrogens with zero attached hydrogens (tertiary/aromatic N) is 1. The minimum absolute atomic E-state index is 0.126. The number of amides is 1. The van der Waals surface area contributed by atoms with Gasteiger partial charge in [-0.05, 0) is 26.8 Å². The summed E-state index contributed by atoms with van der Waals surface area (Å²) in [4.78, 5) is 13.5. The molecule has 0 aliphatic carbocycles. The fourth-order valence-corrected chi connectivity index (χ4v) is 2.07. The van der Waals surface area contributed by atoms with Gasteiger partial charge in [-0.2, -0.15) is 0 Å². The van der Waals surface area contributed by atoms with Crippen LogP contribution < -0.4 is 10.2 Å². The SMILES string of the molecule is CC(C)(C)OC(=O)N1CCOc2cc([B-](F)(F)F)ccc2C1. The molecule has 22 heavy (non-hydrogen) atoms. The molecule has 2 rings (SSSR count). The quantitative estimate of drug-likeness (QED) is 0.748. The monoisotopic (exact) mass is 316 g/mol. The van der Waals surface area contributed by atoms with Crippen LogP contribution in [0, 0.1) is 0 Å². The average Bonchev–Trinajstić information content (AvgIpc) is 2.56. The molecule has 0 spiro atoms. The second-order valence-electron chi connectivity index (χ2n) is 6.19. The topological polar surface area (TPSA) is 38.8 Å². The van der Waals surface area contributed by atoms with Gasteiger partial charge in [0.2, 0.25) is 0 Å². The van der Waals surface area contributed by atoms with Gasteiger partial charge in [-0.25, -0.2) is 4.79 Å². The summed E-state index contributed by atoms with van der Waals surface area (Å²) in [6.07, 6.45) is -0.506. The fraction of sp³-hybridized carbons (Fsp3) is 0.500. The standard InChI is InChI=1S/C14H18BF3NO3/c1-14(2,3)22-13(20)19-6-7-21-12-8-11(15(16,17)18)5-4-10(12)9-19/h4-5,8H,6-7,9H2,1-3H3/q-1. The number of hydrogen-bond acceptors (Lipinski definition) is 3. The van der Waals surface area contributed by atoms with E-state index in [4.69, 9.17) is 9.47 Å². The number of benzene rings is 1. The summed E-state index contributed by atoms with van der Waals surface area (Å²) in [7, 11) is 0. The van der Waals surface area contributed by atoms with Crippen LogP contribution in [0.1, 0.15) is 26.3 Å². The molecule has 0 radical (unpaired) electrons. The van der Waals surface area contributed by atoms with Crippen LogP contribution in [0.25, 0.3) is 0 Å². The number of hydrogen-bond donors (Lipinski definition) is 0. The van der Waals surface area contributed by atoms with Gasteiger partial charge in [0.25, 0.3) is 0 Å². The fourth-order valence-electron chi connectivity index (χ4n) is 2.07. The Hall–Kier alpha value is -1.86. The zero-order valence-corrected chi connectivity index (χ0v) is 12.7. The number of ether oxygens (including phenoxy) is 2. The Morgan fingerprint density at radius 3 is 2.59 bits per heavy atom. The van der Waals surface area contributed by atoms with Crippen molar-refractivity contribution < 1.29 is 27.2 Å². The van der Waals surface area contributed by atoms with Crippen molar-refractivity contribution in [3.05, 3.63) is 23.8 Å². The average molecular weight is 316 g/mol. The van der Waals surface area contributed by atoms with Gasteiger partial charge in [0, 0.05) is 5.56 Å². The first-order valence-electron chi connectivity index (χ1n) is 7.00. The zero-order chi connectivity index (χ0) is 16.5. The summed E-state index contributed by atoms with van der Waals surface area (Å²) in [6, 6.07) is 3.36. The van der Waals surface area contributed by atoms with Gasteiger partial charge < -0.3 is 27.3 Å². The third-order valence-corrected chi connectivity index (χ3v) is 3.10. The molecule has 1 aliphatic rings. The van der Waals surface area contributed by atoms with Crippen LogP contribution in [-0.2, 0) is 11.3 Å². The first-order valence-corrected chi connectivity index (χ1v) is 7.00. The lowest BCUT2D eigenvalue weighted by atomic mass is 9.79. The first-order chi connectivity index (χ1) is 10.1. The minimum Gasteiger partial charge on any atom is -0.492 e. The summed E-state index contributed by atoms with van der Waals surface area (Å²) in [5.74, 6) is 0.169. The molecule has 0 N–H and O–H groups in total. The lowest BCUT2D eigenvalue weighted by Crippen LogP contribution is -2.37. The van der Waals surface area contributed by atoms with E-state index in [1.54, 1.807) is 20.8 Å². The maximum absolute atomic E-state index is 12.8. The molecule has 0 fully saturated rings. The van der Waals surface area contributed by atoms with Crippen LogP contribution in [-0.4, -0.2) is 36.7 Å². The van der Waals surface area contributed by atoms with E-state index < -0.39 is 24.1 Å². The molecule has 0 saturated heterocycles. The highest BCUT2D eigenvalue weighted by Crippen LogP contribution is 2.24. The Balaban J connectivity index is 2.19. The van der Waals surface area contributed by atoms with E-state index in [0.29, 0.717) is 5.56 Å². The first kappa shape index (κ1) is 16.5. The van der Waals surface area contributed by atoms with E-state index in [-0.39, 0.29) is 25.4 Å². The Morgan fingerprint density at radius 1 is 1.32 bits per heavy atom. The van der Waals surface area contributed by atoms with E-state index >= 15 is 0 Å². The molecule has 0 bridgehead atoms. The molecule has 1 aromatic rings. The maximum atomic E-state index is 12.8. The molecule has 1 aromatic carbocycles. The Kier molecular flexibility index (Phi) is 4.31. The van der Waals surface area contributed by atoms with E-state index in [1.807, 2.05) is 0 Å². The minimum atomic E-state index is -5.07. The van der Waals surface area contributed by atoms with E-state index in [1.165, 1.54) is 11.0 Å². The molecule has 0 unspecified atom stereocenters. The number of carbonyl (C=O) groups excluding carboxylic acids is 1. The van der Waals surface area contributed by atoms with Gasteiger partial charge in [-0.15, -0.1) is 5.46 Å².